The Hall–Kier alpha value is -1.44. The van der Waals surface area contributed by atoms with Crippen molar-refractivity contribution in [1.29, 1.82) is 0 Å². The zero-order valence-corrected chi connectivity index (χ0v) is 9.41. The van der Waals surface area contributed by atoms with Gasteiger partial charge in [-0.3, -0.25) is 9.98 Å². The molecule has 14 heavy (non-hydrogen) atoms. The van der Waals surface area contributed by atoms with Crippen molar-refractivity contribution >= 4 is 11.4 Å². The Bertz CT molecular complexity index is 314. The van der Waals surface area contributed by atoms with E-state index in [1.165, 1.54) is 0 Å². The van der Waals surface area contributed by atoms with Gasteiger partial charge in [-0.15, -0.1) is 0 Å². The SMILES string of the molecule is C=CC(C)=Nc1cnccc1C.CC. The number of hydrogen-bond donors (Lipinski definition) is 0. The summed E-state index contributed by atoms with van der Waals surface area (Å²) in [5.41, 5.74) is 2.95. The number of nitrogens with zero attached hydrogens (tertiary/aromatic N) is 2. The van der Waals surface area contributed by atoms with Crippen LogP contribution in [0.1, 0.15) is 26.3 Å². The molecule has 0 fully saturated rings. The Balaban J connectivity index is 0.000000791. The van der Waals surface area contributed by atoms with Crippen molar-refractivity contribution in [2.75, 3.05) is 0 Å². The Morgan fingerprint density at radius 2 is 2.14 bits per heavy atom. The minimum Gasteiger partial charge on any atom is -0.262 e. The first-order chi connectivity index (χ1) is 6.74. The van der Waals surface area contributed by atoms with Gasteiger partial charge in [0.25, 0.3) is 0 Å². The molecule has 0 bridgehead atoms. The number of aryl methyl sites for hydroxylation is 1. The summed E-state index contributed by atoms with van der Waals surface area (Å²) >= 11 is 0. The van der Waals surface area contributed by atoms with Gasteiger partial charge in [0.1, 0.15) is 0 Å². The maximum atomic E-state index is 4.31. The van der Waals surface area contributed by atoms with Crippen LogP contribution in [0.15, 0.2) is 36.1 Å². The van der Waals surface area contributed by atoms with Gasteiger partial charge in [-0.2, -0.15) is 0 Å². The van der Waals surface area contributed by atoms with E-state index in [1.54, 1.807) is 18.5 Å². The summed E-state index contributed by atoms with van der Waals surface area (Å²) in [6.45, 7) is 11.6. The molecule has 0 aliphatic carbocycles. The smallest absolute Gasteiger partial charge is 0.0845 e. The van der Waals surface area contributed by atoms with Crippen molar-refractivity contribution in [2.24, 2.45) is 4.99 Å². The molecule has 2 nitrogen and oxygen atoms in total. The lowest BCUT2D eigenvalue weighted by Crippen LogP contribution is -1.83. The molecule has 0 amide bonds. The minimum absolute atomic E-state index is 0.908. The van der Waals surface area contributed by atoms with E-state index < -0.39 is 0 Å². The quantitative estimate of drug-likeness (QED) is 0.653. The van der Waals surface area contributed by atoms with E-state index in [4.69, 9.17) is 0 Å². The maximum Gasteiger partial charge on any atom is 0.0845 e. The van der Waals surface area contributed by atoms with E-state index in [1.807, 2.05) is 33.8 Å². The monoisotopic (exact) mass is 190 g/mol. The second-order valence-electron chi connectivity index (χ2n) is 2.62. The lowest BCUT2D eigenvalue weighted by atomic mass is 10.2. The summed E-state index contributed by atoms with van der Waals surface area (Å²) in [4.78, 5) is 8.30. The average molecular weight is 190 g/mol. The normalized spacial score (nSPS) is 10.1. The van der Waals surface area contributed by atoms with Crippen LogP contribution in [0, 0.1) is 6.92 Å². The zero-order chi connectivity index (χ0) is 11.0. The summed E-state index contributed by atoms with van der Waals surface area (Å²) in [7, 11) is 0. The third-order valence-electron chi connectivity index (χ3n) is 1.60. The van der Waals surface area contributed by atoms with E-state index in [9.17, 15) is 0 Å². The van der Waals surface area contributed by atoms with E-state index in [-0.39, 0.29) is 0 Å². The lowest BCUT2D eigenvalue weighted by Gasteiger charge is -1.98. The molecule has 0 saturated carbocycles. The third kappa shape index (κ3) is 3.99. The molecule has 0 atom stereocenters. The molecule has 0 aromatic carbocycles. The molecule has 1 aromatic heterocycles. The number of aromatic nitrogens is 1. The summed E-state index contributed by atoms with van der Waals surface area (Å²) in [6.07, 6.45) is 5.24. The fourth-order valence-corrected chi connectivity index (χ4v) is 0.808. The zero-order valence-electron chi connectivity index (χ0n) is 9.41. The van der Waals surface area contributed by atoms with Crippen molar-refractivity contribution in [3.63, 3.8) is 0 Å². The molecule has 76 valence electrons. The number of aliphatic imine (C=N–C) groups is 1. The van der Waals surface area contributed by atoms with Crippen molar-refractivity contribution in [1.82, 2.24) is 4.98 Å². The van der Waals surface area contributed by atoms with Crippen LogP contribution in [0.25, 0.3) is 0 Å². The summed E-state index contributed by atoms with van der Waals surface area (Å²) in [6, 6.07) is 1.94. The Morgan fingerprint density at radius 3 is 2.64 bits per heavy atom. The van der Waals surface area contributed by atoms with Crippen molar-refractivity contribution in [2.45, 2.75) is 27.7 Å². The predicted octanol–water partition coefficient (Wildman–Crippen LogP) is 3.69. The molecule has 0 spiro atoms. The van der Waals surface area contributed by atoms with E-state index in [0.717, 1.165) is 17.0 Å². The first kappa shape index (κ1) is 12.6. The van der Waals surface area contributed by atoms with Crippen LogP contribution in [0.3, 0.4) is 0 Å². The topological polar surface area (TPSA) is 25.2 Å². The van der Waals surface area contributed by atoms with Crippen LogP contribution in [0.5, 0.6) is 0 Å². The minimum atomic E-state index is 0.908. The largest absolute Gasteiger partial charge is 0.262 e. The van der Waals surface area contributed by atoms with E-state index >= 15 is 0 Å². The number of pyridine rings is 1. The van der Waals surface area contributed by atoms with Crippen LogP contribution in [-0.4, -0.2) is 10.7 Å². The van der Waals surface area contributed by atoms with Crippen LogP contribution < -0.4 is 0 Å². The van der Waals surface area contributed by atoms with Gasteiger partial charge in [-0.05, 0) is 31.6 Å². The molecule has 0 aliphatic rings. The molecule has 1 aromatic rings. The summed E-state index contributed by atoms with van der Waals surface area (Å²) in [5, 5.41) is 0. The van der Waals surface area contributed by atoms with E-state index in [0.29, 0.717) is 0 Å². The number of allylic oxidation sites excluding steroid dienone is 1. The van der Waals surface area contributed by atoms with E-state index in [2.05, 4.69) is 16.6 Å². The molecule has 0 radical (unpaired) electrons. The number of rotatable bonds is 2. The Kier molecular flexibility index (Phi) is 6.29. The van der Waals surface area contributed by atoms with Crippen LogP contribution in [0.4, 0.5) is 5.69 Å². The highest BCUT2D eigenvalue weighted by atomic mass is 14.8. The van der Waals surface area contributed by atoms with Gasteiger partial charge in [-0.25, -0.2) is 0 Å². The van der Waals surface area contributed by atoms with Gasteiger partial charge in [0.15, 0.2) is 0 Å². The van der Waals surface area contributed by atoms with Crippen molar-refractivity contribution < 1.29 is 0 Å². The van der Waals surface area contributed by atoms with Crippen LogP contribution in [0.2, 0.25) is 0 Å². The molecular formula is C12H18N2. The Labute approximate surface area is 86.4 Å². The van der Waals surface area contributed by atoms with Gasteiger partial charge in [0.2, 0.25) is 0 Å². The van der Waals surface area contributed by atoms with Gasteiger partial charge in [0, 0.05) is 11.9 Å². The van der Waals surface area contributed by atoms with Crippen LogP contribution >= 0.6 is 0 Å². The lowest BCUT2D eigenvalue weighted by molar-refractivity contribution is 1.26. The maximum absolute atomic E-state index is 4.31. The van der Waals surface area contributed by atoms with Crippen molar-refractivity contribution in [3.8, 4) is 0 Å². The highest BCUT2D eigenvalue weighted by molar-refractivity contribution is 5.94. The molecule has 1 rings (SSSR count). The first-order valence-electron chi connectivity index (χ1n) is 4.82. The highest BCUT2D eigenvalue weighted by Gasteiger charge is 1.93. The summed E-state index contributed by atoms with van der Waals surface area (Å²) < 4.78 is 0. The second kappa shape index (κ2) is 7.01. The van der Waals surface area contributed by atoms with Gasteiger partial charge < -0.3 is 0 Å². The van der Waals surface area contributed by atoms with Crippen molar-refractivity contribution in [3.05, 3.63) is 36.7 Å². The number of hydrogen-bond acceptors (Lipinski definition) is 2. The molecule has 0 unspecified atom stereocenters. The molecule has 1 heterocycles. The average Bonchev–Trinajstić information content (AvgIpc) is 2.24. The first-order valence-corrected chi connectivity index (χ1v) is 4.82. The van der Waals surface area contributed by atoms with Gasteiger partial charge in [-0.1, -0.05) is 20.4 Å². The standard InChI is InChI=1S/C10H12N2.C2H6/c1-4-9(3)12-10-7-11-6-5-8(10)2;1-2/h4-7H,1H2,2-3H3;1-2H3. The highest BCUT2D eigenvalue weighted by Crippen LogP contribution is 2.15. The van der Waals surface area contributed by atoms with Gasteiger partial charge >= 0.3 is 0 Å². The molecule has 0 N–H and O–H groups in total. The molecule has 0 saturated heterocycles. The third-order valence-corrected chi connectivity index (χ3v) is 1.60. The summed E-state index contributed by atoms with van der Waals surface area (Å²) in [5.74, 6) is 0. The molecule has 2 heteroatoms. The molecular weight excluding hydrogens is 172 g/mol. The predicted molar refractivity (Wildman–Crippen MR) is 63.3 cm³/mol. The fourth-order valence-electron chi connectivity index (χ4n) is 0.808. The van der Waals surface area contributed by atoms with Crippen LogP contribution in [-0.2, 0) is 0 Å². The van der Waals surface area contributed by atoms with Gasteiger partial charge in [0.05, 0.1) is 11.9 Å². The fraction of sp³-hybridized carbons (Fsp3) is 0.333. The molecule has 0 aliphatic heterocycles. The Morgan fingerprint density at radius 1 is 1.50 bits per heavy atom. The second-order valence-corrected chi connectivity index (χ2v) is 2.62.